The fourth-order valence-corrected chi connectivity index (χ4v) is 5.84. The van der Waals surface area contributed by atoms with Crippen molar-refractivity contribution in [2.75, 3.05) is 39.3 Å². The van der Waals surface area contributed by atoms with Gasteiger partial charge in [0, 0.05) is 29.7 Å². The number of ether oxygens (including phenoxy) is 1. The summed E-state index contributed by atoms with van der Waals surface area (Å²) in [6.07, 6.45) is -1.63. The van der Waals surface area contributed by atoms with Crippen LogP contribution in [0.15, 0.2) is 18.2 Å². The minimum absolute atomic E-state index is 0.211. The highest BCUT2D eigenvalue weighted by atomic mass is 19.4. The molecule has 0 spiro atoms. The number of rotatable bonds is 4. The van der Waals surface area contributed by atoms with Crippen LogP contribution < -0.4 is 0 Å². The van der Waals surface area contributed by atoms with Crippen molar-refractivity contribution in [2.24, 2.45) is 11.8 Å². The van der Waals surface area contributed by atoms with Gasteiger partial charge in [-0.3, -0.25) is 0 Å². The van der Waals surface area contributed by atoms with Crippen molar-refractivity contribution in [1.82, 2.24) is 14.8 Å². The summed E-state index contributed by atoms with van der Waals surface area (Å²) in [6.45, 7) is 6.96. The van der Waals surface area contributed by atoms with Crippen molar-refractivity contribution in [3.8, 4) is 0 Å². The van der Waals surface area contributed by atoms with Gasteiger partial charge in [0.1, 0.15) is 6.61 Å². The van der Waals surface area contributed by atoms with Gasteiger partial charge in [0.15, 0.2) is 0 Å². The number of hydrogen-bond acceptors (Lipinski definition) is 3. The maximum Gasteiger partial charge on any atom is 0.416 e. The number of amides is 1. The van der Waals surface area contributed by atoms with E-state index in [1.165, 1.54) is 12.1 Å². The zero-order valence-corrected chi connectivity index (χ0v) is 17.7. The van der Waals surface area contributed by atoms with E-state index in [1.54, 1.807) is 11.0 Å². The van der Waals surface area contributed by atoms with Gasteiger partial charge in [-0.2, -0.15) is 13.2 Å². The van der Waals surface area contributed by atoms with Crippen LogP contribution in [0.1, 0.15) is 42.5 Å². The van der Waals surface area contributed by atoms with E-state index in [0.29, 0.717) is 31.5 Å². The van der Waals surface area contributed by atoms with Gasteiger partial charge in [-0.25, -0.2) is 4.79 Å². The molecule has 1 aliphatic carbocycles. The Morgan fingerprint density at radius 2 is 2.06 bits per heavy atom. The van der Waals surface area contributed by atoms with Crippen LogP contribution >= 0.6 is 0 Å². The van der Waals surface area contributed by atoms with Gasteiger partial charge in [-0.15, -0.1) is 0 Å². The van der Waals surface area contributed by atoms with Crippen molar-refractivity contribution in [3.05, 3.63) is 35.0 Å². The predicted molar refractivity (Wildman–Crippen MR) is 111 cm³/mol. The lowest BCUT2D eigenvalue weighted by Crippen LogP contribution is -2.45. The third kappa shape index (κ3) is 3.79. The predicted octanol–water partition coefficient (Wildman–Crippen LogP) is 4.63. The van der Waals surface area contributed by atoms with Crippen LogP contribution in [0.5, 0.6) is 0 Å². The molecule has 168 valence electrons. The number of H-pyrrole nitrogens is 1. The quantitative estimate of drug-likeness (QED) is 0.762. The molecule has 0 saturated carbocycles. The molecule has 0 unspecified atom stereocenters. The summed E-state index contributed by atoms with van der Waals surface area (Å²) in [5.74, 6) is 1.20. The third-order valence-electron chi connectivity index (χ3n) is 7.45. The van der Waals surface area contributed by atoms with Gasteiger partial charge in [0.25, 0.3) is 0 Å². The first kappa shape index (κ1) is 20.7. The molecule has 3 aliphatic rings. The second-order valence-electron chi connectivity index (χ2n) is 9.24. The van der Waals surface area contributed by atoms with E-state index in [2.05, 4.69) is 16.8 Å². The monoisotopic (exact) mass is 435 g/mol. The fourth-order valence-electron chi connectivity index (χ4n) is 5.84. The largest absolute Gasteiger partial charge is 0.448 e. The van der Waals surface area contributed by atoms with Crippen LogP contribution in [0.25, 0.3) is 10.9 Å². The highest BCUT2D eigenvalue weighted by Crippen LogP contribution is 2.46. The number of cyclic esters (lactones) is 1. The van der Waals surface area contributed by atoms with Crippen molar-refractivity contribution in [2.45, 2.75) is 38.3 Å². The van der Waals surface area contributed by atoms with E-state index >= 15 is 0 Å². The Bertz CT molecular complexity index is 986. The van der Waals surface area contributed by atoms with Gasteiger partial charge in [0.05, 0.1) is 12.1 Å². The van der Waals surface area contributed by atoms with Crippen LogP contribution in [0, 0.1) is 11.8 Å². The van der Waals surface area contributed by atoms with Crippen molar-refractivity contribution < 1.29 is 22.7 Å². The van der Waals surface area contributed by atoms with Crippen molar-refractivity contribution >= 4 is 17.0 Å². The maximum atomic E-state index is 13.3. The molecule has 8 heteroatoms. The van der Waals surface area contributed by atoms with E-state index in [0.717, 1.165) is 61.1 Å². The fraction of sp³-hybridized carbons (Fsp3) is 0.609. The first-order chi connectivity index (χ1) is 14.8. The molecular weight excluding hydrogens is 407 g/mol. The topological polar surface area (TPSA) is 48.6 Å². The smallest absolute Gasteiger partial charge is 0.416 e. The average molecular weight is 435 g/mol. The highest BCUT2D eigenvalue weighted by Gasteiger charge is 2.40. The minimum Gasteiger partial charge on any atom is -0.448 e. The number of alkyl halides is 3. The summed E-state index contributed by atoms with van der Waals surface area (Å²) in [5, 5.41) is 0.723. The first-order valence-corrected chi connectivity index (χ1v) is 11.2. The van der Waals surface area contributed by atoms with Crippen molar-refractivity contribution in [1.29, 1.82) is 0 Å². The van der Waals surface area contributed by atoms with Crippen LogP contribution in [0.2, 0.25) is 0 Å². The van der Waals surface area contributed by atoms with Gasteiger partial charge in [0.2, 0.25) is 0 Å². The van der Waals surface area contributed by atoms with Crippen LogP contribution in [0.3, 0.4) is 0 Å². The Labute approximate surface area is 179 Å². The van der Waals surface area contributed by atoms with E-state index < -0.39 is 11.7 Å². The van der Waals surface area contributed by atoms with E-state index in [-0.39, 0.29) is 12.0 Å². The van der Waals surface area contributed by atoms with Crippen LogP contribution in [0.4, 0.5) is 18.0 Å². The number of aromatic nitrogens is 1. The number of nitrogens with zero attached hydrogens (tertiary/aromatic N) is 2. The SMILES string of the molecule is C[C@H]1c2c([nH]c3ccc(C(F)(F)F)cc23)C[C@H]2CCN(CCCN3CCOC3=O)C[C@@H]21. The normalized spacial score (nSPS) is 26.8. The second-order valence-corrected chi connectivity index (χ2v) is 9.24. The third-order valence-corrected chi connectivity index (χ3v) is 7.45. The Morgan fingerprint density at radius 3 is 2.81 bits per heavy atom. The lowest BCUT2D eigenvalue weighted by molar-refractivity contribution is -0.137. The lowest BCUT2D eigenvalue weighted by atomic mass is 9.68. The number of halogens is 3. The molecule has 0 radical (unpaired) electrons. The molecular formula is C23H28F3N3O2. The number of carbonyl (C=O) groups excluding carboxylic acids is 1. The molecule has 1 N–H and O–H groups in total. The number of fused-ring (bicyclic) bond motifs is 4. The Hall–Kier alpha value is -2.22. The molecule has 3 heterocycles. The molecule has 1 aromatic heterocycles. The molecule has 2 aliphatic heterocycles. The van der Waals surface area contributed by atoms with E-state index in [9.17, 15) is 18.0 Å². The molecule has 5 rings (SSSR count). The number of nitrogens with one attached hydrogen (secondary N) is 1. The molecule has 31 heavy (non-hydrogen) atoms. The summed E-state index contributed by atoms with van der Waals surface area (Å²) < 4.78 is 44.8. The van der Waals surface area contributed by atoms with Gasteiger partial charge >= 0.3 is 12.3 Å². The molecule has 1 amide bonds. The number of benzene rings is 1. The molecule has 0 bridgehead atoms. The van der Waals surface area contributed by atoms with Gasteiger partial charge < -0.3 is 19.5 Å². The molecule has 2 aromatic rings. The number of aromatic amines is 1. The summed E-state index contributed by atoms with van der Waals surface area (Å²) >= 11 is 0. The zero-order valence-electron chi connectivity index (χ0n) is 17.7. The van der Waals surface area contributed by atoms with Crippen LogP contribution in [-0.4, -0.2) is 60.2 Å². The van der Waals surface area contributed by atoms with E-state index in [4.69, 9.17) is 4.74 Å². The summed E-state index contributed by atoms with van der Waals surface area (Å²) in [7, 11) is 0. The van der Waals surface area contributed by atoms with Gasteiger partial charge in [-0.1, -0.05) is 6.92 Å². The molecule has 1 aromatic carbocycles. The standard InChI is InChI=1S/C23H28F3N3O2/c1-14-18-13-28(6-2-7-29-9-10-31-22(29)30)8-5-15(18)11-20-21(14)17-12-16(23(24,25)26)3-4-19(17)27-20/h3-4,12,14-15,18,27H,2,5-11,13H2,1H3/t14-,15-,18-/m1/s1. The van der Waals surface area contributed by atoms with Crippen molar-refractivity contribution in [3.63, 3.8) is 0 Å². The maximum absolute atomic E-state index is 13.3. The van der Waals surface area contributed by atoms with E-state index in [1.807, 2.05) is 0 Å². The molecule has 5 nitrogen and oxygen atoms in total. The Balaban J connectivity index is 1.31. The average Bonchev–Trinajstić information content (AvgIpc) is 3.30. The molecule has 2 saturated heterocycles. The Morgan fingerprint density at radius 1 is 1.23 bits per heavy atom. The Kier molecular flexibility index (Phi) is 5.15. The lowest BCUT2D eigenvalue weighted by Gasteiger charge is -2.44. The second kappa shape index (κ2) is 7.73. The number of hydrogen-bond donors (Lipinski definition) is 1. The number of piperidine rings is 1. The molecule has 3 atom stereocenters. The summed E-state index contributed by atoms with van der Waals surface area (Å²) in [5.41, 5.74) is 2.41. The number of likely N-dealkylation sites (tertiary alicyclic amines) is 1. The minimum atomic E-state index is -4.33. The summed E-state index contributed by atoms with van der Waals surface area (Å²) in [6, 6.07) is 4.06. The first-order valence-electron chi connectivity index (χ1n) is 11.2. The highest BCUT2D eigenvalue weighted by molar-refractivity contribution is 5.86. The zero-order chi connectivity index (χ0) is 21.8. The van der Waals surface area contributed by atoms with Crippen LogP contribution in [-0.2, 0) is 17.3 Å². The molecule has 2 fully saturated rings. The number of carbonyl (C=O) groups is 1. The summed E-state index contributed by atoms with van der Waals surface area (Å²) in [4.78, 5) is 19.2. The van der Waals surface area contributed by atoms with Gasteiger partial charge in [-0.05, 0) is 73.9 Å².